The van der Waals surface area contributed by atoms with Crippen molar-refractivity contribution in [2.75, 3.05) is 5.32 Å². The number of thiazole rings is 1. The zero-order valence-electron chi connectivity index (χ0n) is 8.27. The standard InChI is InChI=1S/C9H10N2O3S/c1-3-6(8(13)14)7-4-15-9(11-7)10-5(2)12/h3-4H,1-2H3,(H,13,14)(H,10,11,12)/b6-3-. The predicted molar refractivity (Wildman–Crippen MR) is 57.7 cm³/mol. The van der Waals surface area contributed by atoms with Crippen molar-refractivity contribution in [1.82, 2.24) is 4.98 Å². The molecule has 0 atom stereocenters. The van der Waals surface area contributed by atoms with Gasteiger partial charge < -0.3 is 10.4 Å². The van der Waals surface area contributed by atoms with Gasteiger partial charge in [0.2, 0.25) is 5.91 Å². The smallest absolute Gasteiger partial charge is 0.337 e. The fraction of sp³-hybridized carbons (Fsp3) is 0.222. The summed E-state index contributed by atoms with van der Waals surface area (Å²) in [6, 6.07) is 0. The lowest BCUT2D eigenvalue weighted by Gasteiger charge is -1.96. The van der Waals surface area contributed by atoms with Crippen LogP contribution in [0.2, 0.25) is 0 Å². The van der Waals surface area contributed by atoms with Crippen LogP contribution in [0, 0.1) is 0 Å². The largest absolute Gasteiger partial charge is 0.478 e. The van der Waals surface area contributed by atoms with Crippen LogP contribution in [-0.2, 0) is 9.59 Å². The van der Waals surface area contributed by atoms with Crippen LogP contribution in [0.5, 0.6) is 0 Å². The number of carboxylic acid groups (broad SMARTS) is 1. The van der Waals surface area contributed by atoms with Crippen molar-refractivity contribution in [2.24, 2.45) is 0 Å². The number of hydrogen-bond acceptors (Lipinski definition) is 4. The van der Waals surface area contributed by atoms with Crippen molar-refractivity contribution >= 4 is 33.9 Å². The Labute approximate surface area is 90.5 Å². The van der Waals surface area contributed by atoms with Crippen LogP contribution in [-0.4, -0.2) is 22.0 Å². The second-order valence-corrected chi connectivity index (χ2v) is 3.58. The van der Waals surface area contributed by atoms with Gasteiger partial charge in [-0.3, -0.25) is 4.79 Å². The van der Waals surface area contributed by atoms with E-state index in [1.54, 1.807) is 12.3 Å². The average Bonchev–Trinajstić information content (AvgIpc) is 2.52. The Hall–Kier alpha value is -1.69. The Morgan fingerprint density at radius 2 is 2.27 bits per heavy atom. The molecule has 6 heteroatoms. The zero-order valence-corrected chi connectivity index (χ0v) is 9.09. The maximum atomic E-state index is 10.8. The van der Waals surface area contributed by atoms with Gasteiger partial charge in [0, 0.05) is 12.3 Å². The molecule has 0 aliphatic heterocycles. The Bertz CT molecular complexity index is 423. The summed E-state index contributed by atoms with van der Waals surface area (Å²) >= 11 is 1.19. The monoisotopic (exact) mass is 226 g/mol. The average molecular weight is 226 g/mol. The molecular weight excluding hydrogens is 216 g/mol. The van der Waals surface area contributed by atoms with Crippen molar-refractivity contribution in [1.29, 1.82) is 0 Å². The molecule has 5 nitrogen and oxygen atoms in total. The van der Waals surface area contributed by atoms with Gasteiger partial charge in [-0.05, 0) is 6.92 Å². The molecule has 0 fully saturated rings. The SMILES string of the molecule is C/C=C(\C(=O)O)c1csc(NC(C)=O)n1. The van der Waals surface area contributed by atoms with Crippen LogP contribution in [0.15, 0.2) is 11.5 Å². The van der Waals surface area contributed by atoms with Gasteiger partial charge in [-0.2, -0.15) is 0 Å². The molecule has 1 aromatic rings. The summed E-state index contributed by atoms with van der Waals surface area (Å²) in [7, 11) is 0. The van der Waals surface area contributed by atoms with E-state index in [2.05, 4.69) is 10.3 Å². The molecule has 0 aromatic carbocycles. The fourth-order valence-electron chi connectivity index (χ4n) is 0.986. The van der Waals surface area contributed by atoms with Crippen LogP contribution < -0.4 is 5.32 Å². The molecule has 0 radical (unpaired) electrons. The first kappa shape index (κ1) is 11.4. The number of carboxylic acids is 1. The van der Waals surface area contributed by atoms with E-state index in [-0.39, 0.29) is 11.5 Å². The first-order chi connectivity index (χ1) is 7.04. The predicted octanol–water partition coefficient (Wildman–Crippen LogP) is 1.59. The molecule has 0 unspecified atom stereocenters. The first-order valence-electron chi connectivity index (χ1n) is 4.17. The number of rotatable bonds is 3. The van der Waals surface area contributed by atoms with E-state index >= 15 is 0 Å². The van der Waals surface area contributed by atoms with E-state index in [0.717, 1.165) is 0 Å². The molecule has 2 N–H and O–H groups in total. The molecule has 0 aliphatic rings. The number of carbonyl (C=O) groups is 2. The third kappa shape index (κ3) is 2.88. The van der Waals surface area contributed by atoms with Gasteiger partial charge >= 0.3 is 5.97 Å². The lowest BCUT2D eigenvalue weighted by atomic mass is 10.2. The molecule has 0 aliphatic carbocycles. The molecule has 0 saturated heterocycles. The Morgan fingerprint density at radius 3 is 2.73 bits per heavy atom. The van der Waals surface area contributed by atoms with E-state index in [1.165, 1.54) is 24.3 Å². The quantitative estimate of drug-likeness (QED) is 0.767. The summed E-state index contributed by atoms with van der Waals surface area (Å²) in [5, 5.41) is 13.3. The van der Waals surface area contributed by atoms with Crippen LogP contribution >= 0.6 is 11.3 Å². The first-order valence-corrected chi connectivity index (χ1v) is 5.05. The van der Waals surface area contributed by atoms with Crippen LogP contribution in [0.25, 0.3) is 5.57 Å². The van der Waals surface area contributed by atoms with Gasteiger partial charge in [0.15, 0.2) is 5.13 Å². The minimum atomic E-state index is -1.03. The lowest BCUT2D eigenvalue weighted by Crippen LogP contribution is -2.06. The molecule has 1 aromatic heterocycles. The second-order valence-electron chi connectivity index (χ2n) is 2.73. The number of nitrogens with zero attached hydrogens (tertiary/aromatic N) is 1. The van der Waals surface area contributed by atoms with Crippen molar-refractivity contribution in [3.05, 3.63) is 17.2 Å². The van der Waals surface area contributed by atoms with Crippen molar-refractivity contribution < 1.29 is 14.7 Å². The molecule has 0 bridgehead atoms. The topological polar surface area (TPSA) is 79.3 Å². The van der Waals surface area contributed by atoms with Gasteiger partial charge in [0.05, 0.1) is 11.3 Å². The summed E-state index contributed by atoms with van der Waals surface area (Å²) < 4.78 is 0. The molecule has 80 valence electrons. The van der Waals surface area contributed by atoms with Crippen LogP contribution in [0.3, 0.4) is 0 Å². The van der Waals surface area contributed by atoms with Gasteiger partial charge in [0.25, 0.3) is 0 Å². The number of anilines is 1. The third-order valence-electron chi connectivity index (χ3n) is 1.58. The van der Waals surface area contributed by atoms with E-state index in [1.807, 2.05) is 0 Å². The van der Waals surface area contributed by atoms with Crippen molar-refractivity contribution in [3.63, 3.8) is 0 Å². The molecule has 0 spiro atoms. The minimum Gasteiger partial charge on any atom is -0.478 e. The van der Waals surface area contributed by atoms with E-state index < -0.39 is 5.97 Å². The summed E-state index contributed by atoms with van der Waals surface area (Å²) in [6.07, 6.45) is 1.47. The maximum absolute atomic E-state index is 10.8. The fourth-order valence-corrected chi connectivity index (χ4v) is 1.74. The zero-order chi connectivity index (χ0) is 11.4. The van der Waals surface area contributed by atoms with Crippen molar-refractivity contribution in [3.8, 4) is 0 Å². The lowest BCUT2D eigenvalue weighted by molar-refractivity contribution is -0.130. The highest BCUT2D eigenvalue weighted by atomic mass is 32.1. The molecule has 15 heavy (non-hydrogen) atoms. The number of aromatic nitrogens is 1. The summed E-state index contributed by atoms with van der Waals surface area (Å²) in [4.78, 5) is 25.5. The number of carbonyl (C=O) groups excluding carboxylic acids is 1. The Balaban J connectivity index is 2.93. The number of amides is 1. The van der Waals surface area contributed by atoms with E-state index in [4.69, 9.17) is 5.11 Å². The summed E-state index contributed by atoms with van der Waals surface area (Å²) in [5.74, 6) is -1.26. The molecule has 1 heterocycles. The number of allylic oxidation sites excluding steroid dienone is 1. The minimum absolute atomic E-state index is 0.128. The van der Waals surface area contributed by atoms with Gasteiger partial charge in [-0.15, -0.1) is 11.3 Å². The summed E-state index contributed by atoms with van der Waals surface area (Å²) in [5.41, 5.74) is 0.488. The van der Waals surface area contributed by atoms with E-state index in [9.17, 15) is 9.59 Å². The molecule has 0 saturated carbocycles. The van der Waals surface area contributed by atoms with Gasteiger partial charge in [-0.25, -0.2) is 9.78 Å². The maximum Gasteiger partial charge on any atom is 0.337 e. The van der Waals surface area contributed by atoms with Gasteiger partial charge in [-0.1, -0.05) is 6.08 Å². The number of aliphatic carboxylic acids is 1. The molecular formula is C9H10N2O3S. The molecule has 1 rings (SSSR count). The number of nitrogens with one attached hydrogen (secondary N) is 1. The molecule has 1 amide bonds. The highest BCUT2D eigenvalue weighted by Gasteiger charge is 2.13. The van der Waals surface area contributed by atoms with Gasteiger partial charge in [0.1, 0.15) is 0 Å². The van der Waals surface area contributed by atoms with Crippen LogP contribution in [0.1, 0.15) is 19.5 Å². The third-order valence-corrected chi connectivity index (χ3v) is 2.34. The van der Waals surface area contributed by atoms with Crippen LogP contribution in [0.4, 0.5) is 5.13 Å². The highest BCUT2D eigenvalue weighted by molar-refractivity contribution is 7.14. The normalized spacial score (nSPS) is 11.2. The van der Waals surface area contributed by atoms with E-state index in [0.29, 0.717) is 10.8 Å². The highest BCUT2D eigenvalue weighted by Crippen LogP contribution is 2.21. The Kier molecular flexibility index (Phi) is 3.56. The summed E-state index contributed by atoms with van der Waals surface area (Å²) in [6.45, 7) is 3.00. The number of hydrogen-bond donors (Lipinski definition) is 2. The Morgan fingerprint density at radius 1 is 1.60 bits per heavy atom. The second kappa shape index (κ2) is 4.70. The van der Waals surface area contributed by atoms with Crippen molar-refractivity contribution in [2.45, 2.75) is 13.8 Å².